The molecule has 0 aromatic carbocycles. The first-order chi connectivity index (χ1) is 5.24. The lowest BCUT2D eigenvalue weighted by Gasteiger charge is -2.65. The second-order valence-electron chi connectivity index (χ2n) is 4.66. The SMILES string of the molecule is CN[C@@H]1C[C@@H]2C[C@@]3(C)C[C@H]1N23. The molecule has 2 heteroatoms. The van der Waals surface area contributed by atoms with Crippen LogP contribution in [0.2, 0.25) is 0 Å². The minimum atomic E-state index is 0.640. The lowest BCUT2D eigenvalue weighted by Crippen LogP contribution is -2.74. The van der Waals surface area contributed by atoms with Crippen LogP contribution >= 0.6 is 0 Å². The topological polar surface area (TPSA) is 15.3 Å². The maximum atomic E-state index is 3.43. The van der Waals surface area contributed by atoms with Crippen LogP contribution in [0.1, 0.15) is 26.2 Å². The van der Waals surface area contributed by atoms with E-state index in [1.54, 1.807) is 0 Å². The average Bonchev–Trinajstić information content (AvgIpc) is 2.07. The zero-order valence-electron chi connectivity index (χ0n) is 7.30. The lowest BCUT2D eigenvalue weighted by molar-refractivity contribution is -0.155. The number of rotatable bonds is 1. The van der Waals surface area contributed by atoms with Crippen LogP contribution < -0.4 is 5.32 Å². The highest BCUT2D eigenvalue weighted by Crippen LogP contribution is 2.57. The summed E-state index contributed by atoms with van der Waals surface area (Å²) in [5, 5.41) is 3.43. The number of likely N-dealkylation sites (N-methyl/N-ethyl adjacent to an activating group) is 1. The summed E-state index contributed by atoms with van der Waals surface area (Å²) in [4.78, 5) is 2.73. The van der Waals surface area contributed by atoms with Crippen molar-refractivity contribution in [3.05, 3.63) is 0 Å². The van der Waals surface area contributed by atoms with Crippen LogP contribution in [0.4, 0.5) is 0 Å². The van der Waals surface area contributed by atoms with E-state index in [0.717, 1.165) is 18.1 Å². The first-order valence-electron chi connectivity index (χ1n) is 4.70. The standard InChI is InChI=1S/C9H16N2/c1-9-4-6-3-7(10-2)8(5-9)11(6)9/h6-8,10H,3-5H2,1-2H3/t6-,7-,8-,9+/m1/s1. The minimum Gasteiger partial charge on any atom is -0.315 e. The Balaban J connectivity index is 1.84. The Kier molecular flexibility index (Phi) is 0.961. The second kappa shape index (κ2) is 1.64. The minimum absolute atomic E-state index is 0.640. The van der Waals surface area contributed by atoms with Gasteiger partial charge in [-0.15, -0.1) is 0 Å². The van der Waals surface area contributed by atoms with Crippen LogP contribution in [-0.2, 0) is 0 Å². The molecule has 0 aromatic heterocycles. The number of nitrogens with zero attached hydrogens (tertiary/aromatic N) is 1. The Hall–Kier alpha value is -0.0800. The van der Waals surface area contributed by atoms with E-state index in [1.807, 2.05) is 0 Å². The van der Waals surface area contributed by atoms with Crippen molar-refractivity contribution < 1.29 is 0 Å². The van der Waals surface area contributed by atoms with Crippen LogP contribution in [0.15, 0.2) is 0 Å². The van der Waals surface area contributed by atoms with Gasteiger partial charge in [0.2, 0.25) is 0 Å². The van der Waals surface area contributed by atoms with E-state index >= 15 is 0 Å². The fourth-order valence-electron chi connectivity index (χ4n) is 3.63. The van der Waals surface area contributed by atoms with Gasteiger partial charge in [0.15, 0.2) is 0 Å². The lowest BCUT2D eigenvalue weighted by atomic mass is 9.69. The summed E-state index contributed by atoms with van der Waals surface area (Å²) < 4.78 is 0. The van der Waals surface area contributed by atoms with Crippen molar-refractivity contribution in [2.45, 2.75) is 49.9 Å². The maximum Gasteiger partial charge on any atom is 0.0275 e. The smallest absolute Gasteiger partial charge is 0.0275 e. The molecule has 0 aromatic rings. The second-order valence-corrected chi connectivity index (χ2v) is 4.66. The molecule has 0 saturated carbocycles. The molecule has 3 saturated heterocycles. The average molecular weight is 152 g/mol. The van der Waals surface area contributed by atoms with Gasteiger partial charge in [-0.05, 0) is 33.2 Å². The molecule has 3 rings (SSSR count). The van der Waals surface area contributed by atoms with Gasteiger partial charge in [0.05, 0.1) is 0 Å². The number of hydrogen-bond donors (Lipinski definition) is 1. The summed E-state index contributed by atoms with van der Waals surface area (Å²) in [5.41, 5.74) is 0.640. The summed E-state index contributed by atoms with van der Waals surface area (Å²) in [6.45, 7) is 2.41. The van der Waals surface area contributed by atoms with Crippen molar-refractivity contribution in [1.29, 1.82) is 0 Å². The highest BCUT2D eigenvalue weighted by atomic mass is 15.4. The molecular formula is C9H16N2. The fraction of sp³-hybridized carbons (Fsp3) is 1.00. The van der Waals surface area contributed by atoms with E-state index in [2.05, 4.69) is 24.2 Å². The molecule has 4 atom stereocenters. The summed E-state index contributed by atoms with van der Waals surface area (Å²) in [6, 6.07) is 2.63. The van der Waals surface area contributed by atoms with Crippen molar-refractivity contribution in [2.24, 2.45) is 0 Å². The van der Waals surface area contributed by atoms with E-state index in [9.17, 15) is 0 Å². The van der Waals surface area contributed by atoms with Crippen LogP contribution in [-0.4, -0.2) is 35.6 Å². The maximum absolute atomic E-state index is 3.43. The third-order valence-corrected chi connectivity index (χ3v) is 4.06. The van der Waals surface area contributed by atoms with Crippen molar-refractivity contribution in [3.63, 3.8) is 0 Å². The molecule has 11 heavy (non-hydrogen) atoms. The molecule has 3 fully saturated rings. The van der Waals surface area contributed by atoms with Gasteiger partial charge in [0.25, 0.3) is 0 Å². The van der Waals surface area contributed by atoms with E-state index < -0.39 is 0 Å². The molecular weight excluding hydrogens is 136 g/mol. The predicted octanol–water partition coefficient (Wildman–Crippen LogP) is 0.583. The van der Waals surface area contributed by atoms with Gasteiger partial charge < -0.3 is 5.32 Å². The molecule has 0 spiro atoms. The van der Waals surface area contributed by atoms with Crippen LogP contribution in [0.3, 0.4) is 0 Å². The first-order valence-corrected chi connectivity index (χ1v) is 4.70. The fourth-order valence-corrected chi connectivity index (χ4v) is 3.63. The molecule has 1 N–H and O–H groups in total. The third-order valence-electron chi connectivity index (χ3n) is 4.06. The van der Waals surface area contributed by atoms with Gasteiger partial charge in [0, 0.05) is 23.7 Å². The monoisotopic (exact) mass is 152 g/mol. The van der Waals surface area contributed by atoms with Gasteiger partial charge in [0.1, 0.15) is 0 Å². The summed E-state index contributed by atoms with van der Waals surface area (Å²) in [5.74, 6) is 0. The normalized spacial score (nSPS) is 60.0. The zero-order chi connectivity index (χ0) is 7.64. The number of hydrogen-bond acceptors (Lipinski definition) is 2. The van der Waals surface area contributed by atoms with E-state index in [4.69, 9.17) is 0 Å². The Labute approximate surface area is 68.0 Å². The Morgan fingerprint density at radius 3 is 2.82 bits per heavy atom. The van der Waals surface area contributed by atoms with E-state index in [0.29, 0.717) is 5.54 Å². The van der Waals surface area contributed by atoms with Crippen molar-refractivity contribution in [1.82, 2.24) is 10.2 Å². The van der Waals surface area contributed by atoms with Crippen molar-refractivity contribution >= 4 is 0 Å². The van der Waals surface area contributed by atoms with E-state index in [1.165, 1.54) is 19.3 Å². The van der Waals surface area contributed by atoms with E-state index in [-0.39, 0.29) is 0 Å². The Morgan fingerprint density at radius 2 is 2.27 bits per heavy atom. The molecule has 62 valence electrons. The molecule has 3 aliphatic heterocycles. The number of nitrogens with one attached hydrogen (secondary N) is 1. The van der Waals surface area contributed by atoms with Crippen molar-refractivity contribution in [2.75, 3.05) is 7.05 Å². The molecule has 2 nitrogen and oxygen atoms in total. The van der Waals surface area contributed by atoms with Gasteiger partial charge in [-0.3, -0.25) is 4.90 Å². The van der Waals surface area contributed by atoms with Crippen molar-refractivity contribution in [3.8, 4) is 0 Å². The molecule has 0 bridgehead atoms. The third kappa shape index (κ3) is 0.541. The summed E-state index contributed by atoms with van der Waals surface area (Å²) in [7, 11) is 2.10. The Morgan fingerprint density at radius 1 is 1.45 bits per heavy atom. The van der Waals surface area contributed by atoms with Crippen LogP contribution in [0.25, 0.3) is 0 Å². The number of piperidine rings is 1. The van der Waals surface area contributed by atoms with Crippen LogP contribution in [0, 0.1) is 0 Å². The largest absolute Gasteiger partial charge is 0.315 e. The quantitative estimate of drug-likeness (QED) is 0.591. The zero-order valence-corrected chi connectivity index (χ0v) is 7.30. The summed E-state index contributed by atoms with van der Waals surface area (Å²) in [6.07, 6.45) is 4.30. The predicted molar refractivity (Wildman–Crippen MR) is 44.5 cm³/mol. The highest BCUT2D eigenvalue weighted by Gasteiger charge is 2.65. The van der Waals surface area contributed by atoms with Gasteiger partial charge >= 0.3 is 0 Å². The molecule has 0 aliphatic carbocycles. The van der Waals surface area contributed by atoms with Gasteiger partial charge in [-0.25, -0.2) is 0 Å². The molecule has 3 heterocycles. The highest BCUT2D eigenvalue weighted by molar-refractivity contribution is 5.23. The molecule has 0 radical (unpaired) electrons. The van der Waals surface area contributed by atoms with Crippen LogP contribution in [0.5, 0.6) is 0 Å². The summed E-state index contributed by atoms with van der Waals surface area (Å²) >= 11 is 0. The van der Waals surface area contributed by atoms with Gasteiger partial charge in [-0.2, -0.15) is 0 Å². The van der Waals surface area contributed by atoms with Gasteiger partial charge in [-0.1, -0.05) is 0 Å². The molecule has 3 aliphatic rings. The first kappa shape index (κ1) is 6.44. The molecule has 0 amide bonds. The Bertz CT molecular complexity index is 204. The molecule has 0 unspecified atom stereocenters.